The van der Waals surface area contributed by atoms with E-state index in [0.29, 0.717) is 12.0 Å². The Labute approximate surface area is 108 Å². The van der Waals surface area contributed by atoms with E-state index in [0.717, 1.165) is 28.8 Å². The second-order valence-electron chi connectivity index (χ2n) is 5.17. The van der Waals surface area contributed by atoms with Gasteiger partial charge in [0.15, 0.2) is 0 Å². The molecule has 0 radical (unpaired) electrons. The molecule has 0 saturated carbocycles. The zero-order chi connectivity index (χ0) is 13.1. The van der Waals surface area contributed by atoms with Crippen molar-refractivity contribution in [1.29, 1.82) is 0 Å². The first-order valence-corrected chi connectivity index (χ1v) is 6.33. The van der Waals surface area contributed by atoms with Crippen molar-refractivity contribution in [2.45, 2.75) is 33.2 Å². The second kappa shape index (κ2) is 5.21. The number of aromatic nitrogens is 2. The Balaban J connectivity index is 2.30. The van der Waals surface area contributed by atoms with Gasteiger partial charge in [0.1, 0.15) is 12.1 Å². The molecule has 0 aliphatic rings. The molecule has 1 heterocycles. The molecule has 1 unspecified atom stereocenters. The summed E-state index contributed by atoms with van der Waals surface area (Å²) < 4.78 is 0. The number of benzene rings is 1. The molecule has 0 spiro atoms. The fraction of sp³-hybridized carbons (Fsp3) is 0.429. The van der Waals surface area contributed by atoms with Gasteiger partial charge in [0.25, 0.3) is 0 Å². The molecule has 1 atom stereocenters. The number of nitrogens with two attached hydrogens (primary N) is 1. The highest BCUT2D eigenvalue weighted by molar-refractivity contribution is 5.91. The predicted molar refractivity (Wildman–Crippen MR) is 76.5 cm³/mol. The molecular weight excluding hydrogens is 224 g/mol. The molecule has 0 saturated heterocycles. The molecule has 96 valence electrons. The SMILES string of the molecule is CC(C)CC(C)Nc1ncnc2ccc(N)cc12. The van der Waals surface area contributed by atoms with Gasteiger partial charge in [-0.1, -0.05) is 13.8 Å². The summed E-state index contributed by atoms with van der Waals surface area (Å²) in [6, 6.07) is 6.07. The number of anilines is 2. The van der Waals surface area contributed by atoms with Crippen molar-refractivity contribution in [3.8, 4) is 0 Å². The van der Waals surface area contributed by atoms with E-state index in [2.05, 4.69) is 36.1 Å². The Morgan fingerprint density at radius 2 is 2.00 bits per heavy atom. The third-order valence-electron chi connectivity index (χ3n) is 2.87. The quantitative estimate of drug-likeness (QED) is 0.811. The summed E-state index contributed by atoms with van der Waals surface area (Å²) in [7, 11) is 0. The van der Waals surface area contributed by atoms with Crippen LogP contribution in [0.1, 0.15) is 27.2 Å². The van der Waals surface area contributed by atoms with Crippen LogP contribution >= 0.6 is 0 Å². The number of nitrogens with zero attached hydrogens (tertiary/aromatic N) is 2. The van der Waals surface area contributed by atoms with Crippen LogP contribution in [0, 0.1) is 5.92 Å². The van der Waals surface area contributed by atoms with E-state index in [9.17, 15) is 0 Å². The fourth-order valence-electron chi connectivity index (χ4n) is 2.19. The molecule has 0 aliphatic heterocycles. The van der Waals surface area contributed by atoms with Gasteiger partial charge in [-0.25, -0.2) is 9.97 Å². The zero-order valence-electron chi connectivity index (χ0n) is 11.1. The minimum absolute atomic E-state index is 0.379. The van der Waals surface area contributed by atoms with Crippen molar-refractivity contribution in [3.05, 3.63) is 24.5 Å². The maximum Gasteiger partial charge on any atom is 0.137 e. The van der Waals surface area contributed by atoms with Crippen LogP contribution in [0.3, 0.4) is 0 Å². The third kappa shape index (κ3) is 2.88. The minimum Gasteiger partial charge on any atom is -0.399 e. The smallest absolute Gasteiger partial charge is 0.137 e. The van der Waals surface area contributed by atoms with Gasteiger partial charge >= 0.3 is 0 Å². The van der Waals surface area contributed by atoms with Crippen molar-refractivity contribution >= 4 is 22.4 Å². The number of fused-ring (bicyclic) bond motifs is 1. The normalized spacial score (nSPS) is 12.9. The molecule has 3 N–H and O–H groups in total. The Kier molecular flexibility index (Phi) is 3.65. The fourth-order valence-corrected chi connectivity index (χ4v) is 2.19. The average Bonchev–Trinajstić information content (AvgIpc) is 2.28. The molecule has 2 rings (SSSR count). The van der Waals surface area contributed by atoms with Crippen LogP contribution in [0.4, 0.5) is 11.5 Å². The first-order valence-electron chi connectivity index (χ1n) is 6.33. The van der Waals surface area contributed by atoms with Crippen LogP contribution in [-0.4, -0.2) is 16.0 Å². The number of rotatable bonds is 4. The van der Waals surface area contributed by atoms with E-state index in [1.54, 1.807) is 6.33 Å². The van der Waals surface area contributed by atoms with Gasteiger partial charge in [0.2, 0.25) is 0 Å². The maximum atomic E-state index is 5.82. The topological polar surface area (TPSA) is 63.8 Å². The third-order valence-corrected chi connectivity index (χ3v) is 2.87. The summed E-state index contributed by atoms with van der Waals surface area (Å²) >= 11 is 0. The molecule has 0 bridgehead atoms. The Bertz CT molecular complexity index is 536. The predicted octanol–water partition coefficient (Wildman–Crippen LogP) is 3.06. The van der Waals surface area contributed by atoms with Crippen molar-refractivity contribution in [1.82, 2.24) is 9.97 Å². The summed E-state index contributed by atoms with van der Waals surface area (Å²) in [5, 5.41) is 4.42. The summed E-state index contributed by atoms with van der Waals surface area (Å²) in [5.74, 6) is 1.52. The Morgan fingerprint density at radius 3 is 2.72 bits per heavy atom. The van der Waals surface area contributed by atoms with E-state index in [4.69, 9.17) is 5.73 Å². The maximum absolute atomic E-state index is 5.82. The first-order chi connectivity index (χ1) is 8.56. The number of hydrogen-bond acceptors (Lipinski definition) is 4. The van der Waals surface area contributed by atoms with E-state index in [-0.39, 0.29) is 0 Å². The van der Waals surface area contributed by atoms with Gasteiger partial charge in [0.05, 0.1) is 5.52 Å². The van der Waals surface area contributed by atoms with Crippen LogP contribution in [0.2, 0.25) is 0 Å². The summed E-state index contributed by atoms with van der Waals surface area (Å²) in [4.78, 5) is 8.56. The van der Waals surface area contributed by atoms with Gasteiger partial charge < -0.3 is 11.1 Å². The van der Waals surface area contributed by atoms with Gasteiger partial charge in [-0.15, -0.1) is 0 Å². The number of hydrogen-bond donors (Lipinski definition) is 2. The summed E-state index contributed by atoms with van der Waals surface area (Å²) in [6.45, 7) is 6.60. The van der Waals surface area contributed by atoms with Crippen LogP contribution in [0.25, 0.3) is 10.9 Å². The highest BCUT2D eigenvalue weighted by Crippen LogP contribution is 2.22. The van der Waals surface area contributed by atoms with E-state index < -0.39 is 0 Å². The number of nitrogens with one attached hydrogen (secondary N) is 1. The zero-order valence-corrected chi connectivity index (χ0v) is 11.1. The lowest BCUT2D eigenvalue weighted by Crippen LogP contribution is -2.18. The molecule has 0 amide bonds. The Hall–Kier alpha value is -1.84. The van der Waals surface area contributed by atoms with Crippen LogP contribution < -0.4 is 11.1 Å². The van der Waals surface area contributed by atoms with Gasteiger partial charge in [-0.3, -0.25) is 0 Å². The minimum atomic E-state index is 0.379. The molecule has 0 aliphatic carbocycles. The summed E-state index contributed by atoms with van der Waals surface area (Å²) in [5.41, 5.74) is 7.47. The van der Waals surface area contributed by atoms with Crippen molar-refractivity contribution < 1.29 is 0 Å². The van der Waals surface area contributed by atoms with E-state index in [1.807, 2.05) is 18.2 Å². The standard InChI is InChI=1S/C14H20N4/c1-9(2)6-10(3)18-14-12-7-11(15)4-5-13(12)16-8-17-14/h4-5,7-10H,6,15H2,1-3H3,(H,16,17,18). The molecule has 1 aromatic heterocycles. The lowest BCUT2D eigenvalue weighted by atomic mass is 10.1. The highest BCUT2D eigenvalue weighted by Gasteiger charge is 2.09. The van der Waals surface area contributed by atoms with Gasteiger partial charge in [0, 0.05) is 17.1 Å². The van der Waals surface area contributed by atoms with E-state index >= 15 is 0 Å². The lowest BCUT2D eigenvalue weighted by Gasteiger charge is -2.17. The molecule has 1 aromatic carbocycles. The molecule has 18 heavy (non-hydrogen) atoms. The lowest BCUT2D eigenvalue weighted by molar-refractivity contribution is 0.539. The van der Waals surface area contributed by atoms with Crippen LogP contribution in [0.5, 0.6) is 0 Å². The van der Waals surface area contributed by atoms with Gasteiger partial charge in [-0.05, 0) is 37.5 Å². The van der Waals surface area contributed by atoms with Crippen LogP contribution in [-0.2, 0) is 0 Å². The second-order valence-corrected chi connectivity index (χ2v) is 5.17. The monoisotopic (exact) mass is 244 g/mol. The average molecular weight is 244 g/mol. The highest BCUT2D eigenvalue weighted by atomic mass is 15.0. The molecule has 4 heteroatoms. The summed E-state index contributed by atoms with van der Waals surface area (Å²) in [6.07, 6.45) is 2.69. The molecule has 2 aromatic rings. The largest absolute Gasteiger partial charge is 0.399 e. The molecular formula is C14H20N4. The first kappa shape index (κ1) is 12.6. The van der Waals surface area contributed by atoms with Crippen molar-refractivity contribution in [3.63, 3.8) is 0 Å². The van der Waals surface area contributed by atoms with Gasteiger partial charge in [-0.2, -0.15) is 0 Å². The molecule has 4 nitrogen and oxygen atoms in total. The van der Waals surface area contributed by atoms with Crippen molar-refractivity contribution in [2.24, 2.45) is 5.92 Å². The Morgan fingerprint density at radius 1 is 1.22 bits per heavy atom. The number of nitrogen functional groups attached to an aromatic ring is 1. The van der Waals surface area contributed by atoms with E-state index in [1.165, 1.54) is 0 Å². The van der Waals surface area contributed by atoms with Crippen molar-refractivity contribution in [2.75, 3.05) is 11.1 Å². The van der Waals surface area contributed by atoms with Crippen LogP contribution in [0.15, 0.2) is 24.5 Å². The molecule has 0 fully saturated rings.